The Hall–Kier alpha value is -1.42. The van der Waals surface area contributed by atoms with E-state index in [0.29, 0.717) is 5.69 Å². The number of nitrogens with one attached hydrogen (secondary N) is 1. The average Bonchev–Trinajstić information content (AvgIpc) is 2.94. The minimum Gasteiger partial charge on any atom is -0.380 e. The Bertz CT molecular complexity index is 703. The number of amides is 2. The van der Waals surface area contributed by atoms with Gasteiger partial charge in [0.05, 0.1) is 16.7 Å². The van der Waals surface area contributed by atoms with Crippen LogP contribution in [0.15, 0.2) is 29.2 Å². The molecule has 1 aromatic carbocycles. The fourth-order valence-electron chi connectivity index (χ4n) is 2.48. The minimum absolute atomic E-state index is 0.0788. The number of hydrogen-bond donors (Lipinski definition) is 1. The van der Waals surface area contributed by atoms with Crippen LogP contribution in [0.25, 0.3) is 0 Å². The van der Waals surface area contributed by atoms with Gasteiger partial charge in [-0.15, -0.1) is 0 Å². The minimum atomic E-state index is -3.68. The van der Waals surface area contributed by atoms with Gasteiger partial charge in [0.25, 0.3) is 0 Å². The van der Waals surface area contributed by atoms with E-state index < -0.39 is 10.0 Å². The molecule has 25 heavy (non-hydrogen) atoms. The van der Waals surface area contributed by atoms with Crippen molar-refractivity contribution < 1.29 is 22.7 Å². The van der Waals surface area contributed by atoms with Crippen LogP contribution < -0.4 is 9.62 Å². The monoisotopic (exact) mass is 386 g/mol. The highest BCUT2D eigenvalue weighted by molar-refractivity contribution is 7.98. The smallest absolute Gasteiger partial charge is 0.240 e. The van der Waals surface area contributed by atoms with E-state index in [1.807, 2.05) is 6.26 Å². The number of anilines is 1. The van der Waals surface area contributed by atoms with Gasteiger partial charge in [-0.3, -0.25) is 14.5 Å². The lowest BCUT2D eigenvalue weighted by atomic mass is 10.3. The maximum atomic E-state index is 12.4. The van der Waals surface area contributed by atoms with Crippen molar-refractivity contribution in [3.8, 4) is 0 Å². The zero-order valence-corrected chi connectivity index (χ0v) is 15.9. The van der Waals surface area contributed by atoms with Gasteiger partial charge in [0, 0.05) is 26.5 Å². The summed E-state index contributed by atoms with van der Waals surface area (Å²) in [6.45, 7) is 0.185. The Labute approximate surface area is 152 Å². The number of ether oxygens (including phenoxy) is 1. The lowest BCUT2D eigenvalue weighted by molar-refractivity contribution is -0.121. The van der Waals surface area contributed by atoms with Crippen LogP contribution >= 0.6 is 11.8 Å². The highest BCUT2D eigenvalue weighted by atomic mass is 32.2. The molecule has 0 radical (unpaired) electrons. The molecule has 1 aromatic rings. The average molecular weight is 386 g/mol. The second-order valence-corrected chi connectivity index (χ2v) is 8.36. The molecule has 138 valence electrons. The van der Waals surface area contributed by atoms with E-state index in [1.54, 1.807) is 18.9 Å². The zero-order chi connectivity index (χ0) is 18.4. The van der Waals surface area contributed by atoms with Crippen molar-refractivity contribution >= 4 is 39.3 Å². The van der Waals surface area contributed by atoms with Crippen molar-refractivity contribution in [2.24, 2.45) is 0 Å². The fraction of sp³-hybridized carbons (Fsp3) is 0.500. The van der Waals surface area contributed by atoms with Gasteiger partial charge in [0.2, 0.25) is 21.8 Å². The van der Waals surface area contributed by atoms with Crippen LogP contribution in [0.1, 0.15) is 19.3 Å². The SMILES string of the molecule is COC(CCSC)CNS(=O)(=O)c1ccc(N2C(=O)CCC2=O)cc1. The van der Waals surface area contributed by atoms with Gasteiger partial charge in [0.1, 0.15) is 0 Å². The molecule has 1 atom stereocenters. The lowest BCUT2D eigenvalue weighted by Gasteiger charge is -2.17. The molecule has 2 amide bonds. The third kappa shape index (κ3) is 5.04. The number of rotatable bonds is 9. The van der Waals surface area contributed by atoms with Gasteiger partial charge < -0.3 is 4.74 Å². The predicted molar refractivity (Wildman–Crippen MR) is 97.2 cm³/mol. The van der Waals surface area contributed by atoms with Crippen LogP contribution in [0, 0.1) is 0 Å². The van der Waals surface area contributed by atoms with Crippen molar-refractivity contribution in [3.05, 3.63) is 24.3 Å². The molecule has 2 rings (SSSR count). The molecule has 0 aliphatic carbocycles. The van der Waals surface area contributed by atoms with Crippen LogP contribution in [-0.2, 0) is 24.3 Å². The molecule has 1 aliphatic heterocycles. The first-order valence-corrected chi connectivity index (χ1v) is 10.7. The molecule has 1 heterocycles. The molecular formula is C16H22N2O5S2. The van der Waals surface area contributed by atoms with Crippen LogP contribution in [0.4, 0.5) is 5.69 Å². The van der Waals surface area contributed by atoms with E-state index >= 15 is 0 Å². The van der Waals surface area contributed by atoms with Crippen molar-refractivity contribution in [2.75, 3.05) is 30.6 Å². The van der Waals surface area contributed by atoms with Crippen molar-refractivity contribution in [3.63, 3.8) is 0 Å². The van der Waals surface area contributed by atoms with Gasteiger partial charge >= 0.3 is 0 Å². The predicted octanol–water partition coefficient (Wildman–Crippen LogP) is 1.39. The maximum absolute atomic E-state index is 12.4. The number of nitrogens with zero attached hydrogens (tertiary/aromatic N) is 1. The molecule has 1 fully saturated rings. The summed E-state index contributed by atoms with van der Waals surface area (Å²) >= 11 is 1.67. The first kappa shape index (κ1) is 19.9. The van der Waals surface area contributed by atoms with E-state index in [4.69, 9.17) is 4.74 Å². The van der Waals surface area contributed by atoms with Crippen LogP contribution in [0.5, 0.6) is 0 Å². The highest BCUT2D eigenvalue weighted by Crippen LogP contribution is 2.23. The summed E-state index contributed by atoms with van der Waals surface area (Å²) in [6.07, 6.45) is 2.91. The molecule has 1 aliphatic rings. The van der Waals surface area contributed by atoms with E-state index in [9.17, 15) is 18.0 Å². The van der Waals surface area contributed by atoms with Gasteiger partial charge in [-0.1, -0.05) is 0 Å². The molecule has 0 spiro atoms. The quantitative estimate of drug-likeness (QED) is 0.645. The molecule has 9 heteroatoms. The normalized spacial score (nSPS) is 16.5. The molecule has 0 aromatic heterocycles. The second kappa shape index (κ2) is 8.79. The number of carbonyl (C=O) groups excluding carboxylic acids is 2. The molecule has 1 N–H and O–H groups in total. The Kier molecular flexibility index (Phi) is 7.00. The number of imide groups is 1. The molecule has 1 saturated heterocycles. The Morgan fingerprint density at radius 2 is 1.80 bits per heavy atom. The van der Waals surface area contributed by atoms with Crippen molar-refractivity contribution in [2.45, 2.75) is 30.3 Å². The maximum Gasteiger partial charge on any atom is 0.240 e. The number of hydrogen-bond acceptors (Lipinski definition) is 6. The summed E-state index contributed by atoms with van der Waals surface area (Å²) in [6, 6.07) is 5.72. The fourth-order valence-corrected chi connectivity index (χ4v) is 4.04. The van der Waals surface area contributed by atoms with Gasteiger partial charge in [0.15, 0.2) is 0 Å². The van der Waals surface area contributed by atoms with E-state index in [0.717, 1.165) is 17.1 Å². The molecule has 0 saturated carbocycles. The summed E-state index contributed by atoms with van der Waals surface area (Å²) in [5.41, 5.74) is 0.390. The van der Waals surface area contributed by atoms with Crippen LogP contribution in [0.2, 0.25) is 0 Å². The van der Waals surface area contributed by atoms with Crippen LogP contribution in [-0.4, -0.2) is 52.0 Å². The first-order chi connectivity index (χ1) is 11.9. The third-order valence-electron chi connectivity index (χ3n) is 3.94. The topological polar surface area (TPSA) is 92.8 Å². The molecule has 7 nitrogen and oxygen atoms in total. The van der Waals surface area contributed by atoms with E-state index in [-0.39, 0.29) is 42.2 Å². The van der Waals surface area contributed by atoms with Gasteiger partial charge in [-0.2, -0.15) is 11.8 Å². The van der Waals surface area contributed by atoms with E-state index in [1.165, 1.54) is 24.3 Å². The molecule has 0 bridgehead atoms. The zero-order valence-electron chi connectivity index (χ0n) is 14.2. The summed E-state index contributed by atoms with van der Waals surface area (Å²) in [7, 11) is -2.13. The summed E-state index contributed by atoms with van der Waals surface area (Å²) in [5.74, 6) is 0.346. The van der Waals surface area contributed by atoms with Crippen LogP contribution in [0.3, 0.4) is 0 Å². The van der Waals surface area contributed by atoms with Gasteiger partial charge in [-0.05, 0) is 42.7 Å². The first-order valence-electron chi connectivity index (χ1n) is 7.86. The lowest BCUT2D eigenvalue weighted by Crippen LogP contribution is -2.33. The number of methoxy groups -OCH3 is 1. The summed E-state index contributed by atoms with van der Waals surface area (Å²) < 4.78 is 32.5. The van der Waals surface area contributed by atoms with Gasteiger partial charge in [-0.25, -0.2) is 13.1 Å². The summed E-state index contributed by atoms with van der Waals surface area (Å²) in [5, 5.41) is 0. The number of carbonyl (C=O) groups is 2. The Morgan fingerprint density at radius 3 is 2.32 bits per heavy atom. The Balaban J connectivity index is 2.04. The van der Waals surface area contributed by atoms with E-state index in [2.05, 4.69) is 4.72 Å². The number of benzene rings is 1. The van der Waals surface area contributed by atoms with Crippen molar-refractivity contribution in [1.82, 2.24) is 4.72 Å². The second-order valence-electron chi connectivity index (χ2n) is 5.61. The Morgan fingerprint density at radius 1 is 1.20 bits per heavy atom. The third-order valence-corrected chi connectivity index (χ3v) is 6.02. The summed E-state index contributed by atoms with van der Waals surface area (Å²) in [4.78, 5) is 24.6. The van der Waals surface area contributed by atoms with Crippen molar-refractivity contribution in [1.29, 1.82) is 0 Å². The molecule has 1 unspecified atom stereocenters. The number of sulfonamides is 1. The number of thioether (sulfide) groups is 1. The highest BCUT2D eigenvalue weighted by Gasteiger charge is 2.30. The standard InChI is InChI=1S/C16H22N2O5S2/c1-23-13(9-10-24-2)11-17-25(21,22)14-5-3-12(4-6-14)18-15(19)7-8-16(18)20/h3-6,13,17H,7-11H2,1-2H3. The largest absolute Gasteiger partial charge is 0.380 e. The molecular weight excluding hydrogens is 364 g/mol.